The summed E-state index contributed by atoms with van der Waals surface area (Å²) in [5.74, 6) is -0.147. The van der Waals surface area contributed by atoms with Crippen LogP contribution in [0.1, 0.15) is 35.2 Å². The first-order valence-electron chi connectivity index (χ1n) is 9.48. The number of hydrogen-bond donors (Lipinski definition) is 1. The number of benzene rings is 3. The third-order valence-electron chi connectivity index (χ3n) is 5.25. The van der Waals surface area contributed by atoms with Gasteiger partial charge in [-0.25, -0.2) is 4.39 Å². The van der Waals surface area contributed by atoms with Gasteiger partial charge in [0.15, 0.2) is 0 Å². The van der Waals surface area contributed by atoms with Gasteiger partial charge in [0.1, 0.15) is 5.82 Å². The molecule has 0 saturated carbocycles. The van der Waals surface area contributed by atoms with E-state index in [4.69, 9.17) is 0 Å². The summed E-state index contributed by atoms with van der Waals surface area (Å²) in [5, 5.41) is 5.34. The van der Waals surface area contributed by atoms with Crippen molar-refractivity contribution in [2.45, 2.75) is 26.2 Å². The molecule has 4 heteroatoms. The van der Waals surface area contributed by atoms with Crippen LogP contribution in [-0.4, -0.2) is 23.9 Å². The number of halogens is 1. The molecule has 0 unspecified atom stereocenters. The molecule has 3 nitrogen and oxygen atoms in total. The van der Waals surface area contributed by atoms with Crippen LogP contribution in [0.5, 0.6) is 0 Å². The molecule has 1 aliphatic heterocycles. The minimum atomic E-state index is -0.260. The number of likely N-dealkylation sites (tertiary alicyclic amines) is 1. The first kappa shape index (κ1) is 17.5. The summed E-state index contributed by atoms with van der Waals surface area (Å²) < 4.78 is 13.2. The third kappa shape index (κ3) is 3.52. The second-order valence-electron chi connectivity index (χ2n) is 7.14. The number of fused-ring (bicyclic) bond motifs is 1. The minimum absolute atomic E-state index is 0.113. The molecule has 0 bridgehead atoms. The van der Waals surface area contributed by atoms with Crippen LogP contribution in [0, 0.1) is 12.7 Å². The molecule has 1 heterocycles. The largest absolute Gasteiger partial charge is 0.355 e. The van der Waals surface area contributed by atoms with E-state index in [1.54, 1.807) is 12.1 Å². The zero-order valence-electron chi connectivity index (χ0n) is 15.5. The number of piperidine rings is 1. The zero-order valence-corrected chi connectivity index (χ0v) is 15.5. The summed E-state index contributed by atoms with van der Waals surface area (Å²) in [6.45, 7) is 3.71. The van der Waals surface area contributed by atoms with Crippen molar-refractivity contribution in [3.63, 3.8) is 0 Å². The van der Waals surface area contributed by atoms with Crippen LogP contribution in [0.25, 0.3) is 10.8 Å². The average molecular weight is 362 g/mol. The number of carbonyl (C=O) groups excluding carboxylic acids is 1. The van der Waals surface area contributed by atoms with E-state index in [1.807, 2.05) is 42.2 Å². The SMILES string of the molecule is Cc1cccc2c(Nc3ccc(F)cc3)ccc(C(=O)N3CCCCC3)c12. The molecular weight excluding hydrogens is 339 g/mol. The predicted molar refractivity (Wildman–Crippen MR) is 108 cm³/mol. The number of anilines is 2. The molecule has 1 aliphatic rings. The number of hydrogen-bond acceptors (Lipinski definition) is 2. The topological polar surface area (TPSA) is 32.3 Å². The normalized spacial score (nSPS) is 14.4. The van der Waals surface area contributed by atoms with E-state index in [0.717, 1.165) is 59.2 Å². The van der Waals surface area contributed by atoms with Crippen molar-refractivity contribution < 1.29 is 9.18 Å². The van der Waals surface area contributed by atoms with Crippen LogP contribution in [0.4, 0.5) is 15.8 Å². The zero-order chi connectivity index (χ0) is 18.8. The molecule has 1 fully saturated rings. The van der Waals surface area contributed by atoms with Gasteiger partial charge >= 0.3 is 0 Å². The number of carbonyl (C=O) groups is 1. The second-order valence-corrected chi connectivity index (χ2v) is 7.14. The fourth-order valence-corrected chi connectivity index (χ4v) is 3.83. The van der Waals surface area contributed by atoms with Gasteiger partial charge in [0.2, 0.25) is 0 Å². The lowest BCUT2D eigenvalue weighted by atomic mass is 9.97. The number of rotatable bonds is 3. The number of nitrogens with zero attached hydrogens (tertiary/aromatic N) is 1. The molecule has 1 saturated heterocycles. The molecule has 0 atom stereocenters. The summed E-state index contributed by atoms with van der Waals surface area (Å²) in [5.41, 5.74) is 3.56. The minimum Gasteiger partial charge on any atom is -0.355 e. The molecule has 1 amide bonds. The molecule has 4 rings (SSSR count). The van der Waals surface area contributed by atoms with Crippen LogP contribution in [0.3, 0.4) is 0 Å². The van der Waals surface area contributed by atoms with Gasteiger partial charge in [-0.3, -0.25) is 4.79 Å². The Kier molecular flexibility index (Phi) is 4.80. The van der Waals surface area contributed by atoms with Gasteiger partial charge in [-0.05, 0) is 73.5 Å². The van der Waals surface area contributed by atoms with Gasteiger partial charge in [-0.15, -0.1) is 0 Å². The average Bonchev–Trinajstić information content (AvgIpc) is 2.70. The van der Waals surface area contributed by atoms with E-state index >= 15 is 0 Å². The lowest BCUT2D eigenvalue weighted by Crippen LogP contribution is -2.35. The molecule has 1 N–H and O–H groups in total. The number of amides is 1. The highest BCUT2D eigenvalue weighted by atomic mass is 19.1. The van der Waals surface area contributed by atoms with E-state index in [-0.39, 0.29) is 11.7 Å². The molecule has 3 aromatic carbocycles. The monoisotopic (exact) mass is 362 g/mol. The fourth-order valence-electron chi connectivity index (χ4n) is 3.83. The van der Waals surface area contributed by atoms with E-state index in [1.165, 1.54) is 18.6 Å². The Morgan fingerprint density at radius 1 is 0.963 bits per heavy atom. The fraction of sp³-hybridized carbons (Fsp3) is 0.261. The molecule has 3 aromatic rings. The number of nitrogens with one attached hydrogen (secondary N) is 1. The smallest absolute Gasteiger partial charge is 0.254 e. The first-order valence-corrected chi connectivity index (χ1v) is 9.48. The molecule has 0 aromatic heterocycles. The lowest BCUT2D eigenvalue weighted by molar-refractivity contribution is 0.0726. The van der Waals surface area contributed by atoms with Crippen LogP contribution in [-0.2, 0) is 0 Å². The molecule has 0 aliphatic carbocycles. The number of aryl methyl sites for hydroxylation is 1. The summed E-state index contributed by atoms with van der Waals surface area (Å²) in [6, 6.07) is 16.2. The standard InChI is InChI=1S/C23H23FN2O/c1-16-6-5-7-19-21(25-18-10-8-17(24)9-11-18)13-12-20(22(16)19)23(27)26-14-3-2-4-15-26/h5-13,25H,2-4,14-15H2,1H3. The maximum absolute atomic E-state index is 13.2. The van der Waals surface area contributed by atoms with Crippen molar-refractivity contribution in [2.24, 2.45) is 0 Å². The highest BCUT2D eigenvalue weighted by molar-refractivity contribution is 6.11. The van der Waals surface area contributed by atoms with Gasteiger partial charge in [-0.1, -0.05) is 18.2 Å². The van der Waals surface area contributed by atoms with Gasteiger partial charge in [-0.2, -0.15) is 0 Å². The van der Waals surface area contributed by atoms with E-state index < -0.39 is 0 Å². The third-order valence-corrected chi connectivity index (χ3v) is 5.25. The van der Waals surface area contributed by atoms with Gasteiger partial charge in [0, 0.05) is 35.4 Å². The molecular formula is C23H23FN2O. The van der Waals surface area contributed by atoms with E-state index in [0.29, 0.717) is 0 Å². The van der Waals surface area contributed by atoms with E-state index in [9.17, 15) is 9.18 Å². The molecule has 138 valence electrons. The predicted octanol–water partition coefficient (Wildman–Crippen LogP) is 5.66. The molecule has 0 radical (unpaired) electrons. The van der Waals surface area contributed by atoms with Crippen LogP contribution >= 0.6 is 0 Å². The maximum Gasteiger partial charge on any atom is 0.254 e. The first-order chi connectivity index (χ1) is 13.1. The lowest BCUT2D eigenvalue weighted by Gasteiger charge is -2.27. The molecule has 0 spiro atoms. The summed E-state index contributed by atoms with van der Waals surface area (Å²) >= 11 is 0. The Balaban J connectivity index is 1.76. The Morgan fingerprint density at radius 2 is 1.70 bits per heavy atom. The Morgan fingerprint density at radius 3 is 2.44 bits per heavy atom. The van der Waals surface area contributed by atoms with Crippen molar-refractivity contribution in [3.8, 4) is 0 Å². The Hall–Kier alpha value is -2.88. The van der Waals surface area contributed by atoms with Crippen molar-refractivity contribution in [2.75, 3.05) is 18.4 Å². The van der Waals surface area contributed by atoms with Crippen molar-refractivity contribution in [3.05, 3.63) is 71.5 Å². The van der Waals surface area contributed by atoms with Crippen LogP contribution < -0.4 is 5.32 Å². The van der Waals surface area contributed by atoms with Crippen LogP contribution in [0.2, 0.25) is 0 Å². The summed E-state index contributed by atoms with van der Waals surface area (Å²) in [6.07, 6.45) is 3.35. The Labute approximate surface area is 158 Å². The maximum atomic E-state index is 13.2. The van der Waals surface area contributed by atoms with E-state index in [2.05, 4.69) is 5.32 Å². The van der Waals surface area contributed by atoms with Crippen molar-refractivity contribution >= 4 is 28.1 Å². The van der Waals surface area contributed by atoms with Gasteiger partial charge in [0.25, 0.3) is 5.91 Å². The Bertz CT molecular complexity index is 976. The van der Waals surface area contributed by atoms with Gasteiger partial charge < -0.3 is 10.2 Å². The quantitative estimate of drug-likeness (QED) is 0.652. The highest BCUT2D eigenvalue weighted by Gasteiger charge is 2.21. The van der Waals surface area contributed by atoms with Crippen molar-refractivity contribution in [1.82, 2.24) is 4.90 Å². The van der Waals surface area contributed by atoms with Gasteiger partial charge in [0.05, 0.1) is 0 Å². The molecule has 27 heavy (non-hydrogen) atoms. The summed E-state index contributed by atoms with van der Waals surface area (Å²) in [4.78, 5) is 15.1. The summed E-state index contributed by atoms with van der Waals surface area (Å²) in [7, 11) is 0. The second kappa shape index (κ2) is 7.39. The highest BCUT2D eigenvalue weighted by Crippen LogP contribution is 2.32. The van der Waals surface area contributed by atoms with Crippen LogP contribution in [0.15, 0.2) is 54.6 Å². The van der Waals surface area contributed by atoms with Crippen molar-refractivity contribution in [1.29, 1.82) is 0 Å².